The third-order valence-electron chi connectivity index (χ3n) is 4.06. The summed E-state index contributed by atoms with van der Waals surface area (Å²) in [5.74, 6) is -0.166. The van der Waals surface area contributed by atoms with Crippen LogP contribution in [0.3, 0.4) is 0 Å². The van der Waals surface area contributed by atoms with Crippen molar-refractivity contribution >= 4 is 17.2 Å². The second-order valence-electron chi connectivity index (χ2n) is 5.93. The highest BCUT2D eigenvalue weighted by atomic mass is 16.1. The van der Waals surface area contributed by atoms with Gasteiger partial charge in [-0.15, -0.1) is 0 Å². The summed E-state index contributed by atoms with van der Waals surface area (Å²) in [6.07, 6.45) is 0. The van der Waals surface area contributed by atoms with Gasteiger partial charge in [0.2, 0.25) is 0 Å². The molecule has 0 fully saturated rings. The van der Waals surface area contributed by atoms with Crippen LogP contribution in [0.25, 0.3) is 0 Å². The van der Waals surface area contributed by atoms with Crippen LogP contribution < -0.4 is 5.32 Å². The van der Waals surface area contributed by atoms with Gasteiger partial charge in [-0.1, -0.05) is 78.9 Å². The fraction of sp³-hybridized carbons (Fsp3) is 0.0435. The summed E-state index contributed by atoms with van der Waals surface area (Å²) in [7, 11) is 0. The highest BCUT2D eigenvalue weighted by Gasteiger charge is 2.21. The van der Waals surface area contributed by atoms with Crippen molar-refractivity contribution in [2.24, 2.45) is 0 Å². The summed E-state index contributed by atoms with van der Waals surface area (Å²) in [5.41, 5.74) is 3.38. The molecule has 0 bridgehead atoms. The zero-order valence-electron chi connectivity index (χ0n) is 14.6. The number of carbonyl (C=O) groups is 1. The molecule has 0 unspecified atom stereocenters. The van der Waals surface area contributed by atoms with Crippen LogP contribution >= 0.6 is 0 Å². The highest BCUT2D eigenvalue weighted by Crippen LogP contribution is 2.20. The molecule has 3 nitrogen and oxygen atoms in total. The Balaban J connectivity index is 2.05. The molecule has 3 aromatic rings. The number of hydrogen-bond acceptors (Lipinski definition) is 3. The van der Waals surface area contributed by atoms with Gasteiger partial charge in [0.25, 0.3) is 0 Å². The van der Waals surface area contributed by atoms with Crippen LogP contribution in [-0.4, -0.2) is 11.5 Å². The third kappa shape index (κ3) is 3.95. The number of rotatable bonds is 6. The molecule has 3 aromatic carbocycles. The van der Waals surface area contributed by atoms with Crippen molar-refractivity contribution in [3.63, 3.8) is 0 Å². The van der Waals surface area contributed by atoms with Crippen molar-refractivity contribution in [3.8, 4) is 0 Å². The first-order chi connectivity index (χ1) is 12.7. The molecular weight excluding hydrogens is 320 g/mol. The summed E-state index contributed by atoms with van der Waals surface area (Å²) >= 11 is 0. The van der Waals surface area contributed by atoms with Crippen LogP contribution in [0.1, 0.15) is 22.8 Å². The van der Waals surface area contributed by atoms with E-state index >= 15 is 0 Å². The first kappa shape index (κ1) is 17.4. The number of hydrogen-bond donors (Lipinski definition) is 2. The van der Waals surface area contributed by atoms with Gasteiger partial charge < -0.3 is 5.32 Å². The lowest BCUT2D eigenvalue weighted by Gasteiger charge is -2.15. The molecule has 0 radical (unpaired) electrons. The van der Waals surface area contributed by atoms with Crippen LogP contribution in [0.4, 0.5) is 5.69 Å². The molecule has 0 aliphatic rings. The highest BCUT2D eigenvalue weighted by molar-refractivity contribution is 6.32. The molecular formula is C23H20N2O. The average molecular weight is 340 g/mol. The van der Waals surface area contributed by atoms with Crippen LogP contribution in [0, 0.1) is 5.41 Å². The predicted molar refractivity (Wildman–Crippen MR) is 107 cm³/mol. The minimum absolute atomic E-state index is 0.166. The molecule has 0 amide bonds. The van der Waals surface area contributed by atoms with Gasteiger partial charge in [-0.2, -0.15) is 0 Å². The van der Waals surface area contributed by atoms with E-state index in [0.29, 0.717) is 22.4 Å². The molecule has 0 aliphatic heterocycles. The van der Waals surface area contributed by atoms with Crippen molar-refractivity contribution in [2.75, 3.05) is 5.32 Å². The molecule has 2 N–H and O–H groups in total. The van der Waals surface area contributed by atoms with E-state index in [1.165, 1.54) is 0 Å². The number of nitrogens with one attached hydrogen (secondary N) is 2. The van der Waals surface area contributed by atoms with Crippen LogP contribution in [0.5, 0.6) is 0 Å². The zero-order chi connectivity index (χ0) is 18.4. The fourth-order valence-corrected chi connectivity index (χ4v) is 2.75. The van der Waals surface area contributed by atoms with E-state index in [2.05, 4.69) is 5.32 Å². The molecule has 0 aromatic heterocycles. The smallest absolute Gasteiger partial charge is 0.196 e. The molecule has 3 heteroatoms. The zero-order valence-corrected chi connectivity index (χ0v) is 14.6. The Bertz CT molecular complexity index is 876. The third-order valence-corrected chi connectivity index (χ3v) is 4.06. The molecule has 0 saturated heterocycles. The van der Waals surface area contributed by atoms with Crippen molar-refractivity contribution < 1.29 is 4.79 Å². The van der Waals surface area contributed by atoms with E-state index in [0.717, 1.165) is 5.69 Å². The monoisotopic (exact) mass is 340 g/mol. The standard InChI is InChI=1S/C23H20N2O/c1-17(25-20-15-9-4-10-16-20)21(22(24)18-11-5-2-6-12-18)23(26)19-13-7-3-8-14-19/h2-16,24-25H,1H3/b21-17+,24-22?. The largest absolute Gasteiger partial charge is 0.358 e. The van der Waals surface area contributed by atoms with Crippen molar-refractivity contribution in [1.29, 1.82) is 5.41 Å². The Labute approximate surface area is 153 Å². The van der Waals surface area contributed by atoms with Crippen LogP contribution in [0.15, 0.2) is 102 Å². The van der Waals surface area contributed by atoms with Gasteiger partial charge >= 0.3 is 0 Å². The topological polar surface area (TPSA) is 53.0 Å². The lowest BCUT2D eigenvalue weighted by atomic mass is 9.93. The second kappa shape index (κ2) is 8.08. The molecule has 3 rings (SSSR count). The van der Waals surface area contributed by atoms with E-state index < -0.39 is 0 Å². The molecule has 0 saturated carbocycles. The first-order valence-electron chi connectivity index (χ1n) is 8.44. The van der Waals surface area contributed by atoms with Gasteiger partial charge in [-0.25, -0.2) is 0 Å². The lowest BCUT2D eigenvalue weighted by Crippen LogP contribution is -2.18. The SMILES string of the molecule is C/C(Nc1ccccc1)=C(/C(=N)c1ccccc1)C(=O)c1ccccc1. The van der Waals surface area contributed by atoms with Gasteiger partial charge in [0.1, 0.15) is 0 Å². The van der Waals surface area contributed by atoms with Crippen LogP contribution in [0.2, 0.25) is 0 Å². The number of para-hydroxylation sites is 1. The number of carbonyl (C=O) groups excluding carboxylic acids is 1. The minimum Gasteiger partial charge on any atom is -0.358 e. The second-order valence-corrected chi connectivity index (χ2v) is 5.93. The van der Waals surface area contributed by atoms with E-state index in [-0.39, 0.29) is 11.5 Å². The van der Waals surface area contributed by atoms with Gasteiger partial charge in [0.15, 0.2) is 5.78 Å². The van der Waals surface area contributed by atoms with E-state index in [4.69, 9.17) is 5.41 Å². The maximum atomic E-state index is 13.2. The van der Waals surface area contributed by atoms with Crippen molar-refractivity contribution in [2.45, 2.75) is 6.92 Å². The molecule has 0 atom stereocenters. The van der Waals surface area contributed by atoms with E-state index in [1.807, 2.05) is 85.8 Å². The normalized spacial score (nSPS) is 11.4. The van der Waals surface area contributed by atoms with Gasteiger partial charge in [0.05, 0.1) is 11.3 Å². The number of Topliss-reactive ketones (excluding diaryl/α,β-unsaturated/α-hetero) is 1. The number of anilines is 1. The Kier molecular flexibility index (Phi) is 5.40. The van der Waals surface area contributed by atoms with E-state index in [1.54, 1.807) is 12.1 Å². The number of allylic oxidation sites excluding steroid dienone is 2. The lowest BCUT2D eigenvalue weighted by molar-refractivity contribution is 0.103. The summed E-state index contributed by atoms with van der Waals surface area (Å²) in [5, 5.41) is 11.9. The maximum Gasteiger partial charge on any atom is 0.196 e. The summed E-state index contributed by atoms with van der Waals surface area (Å²) in [4.78, 5) is 13.2. The van der Waals surface area contributed by atoms with E-state index in [9.17, 15) is 4.79 Å². The fourth-order valence-electron chi connectivity index (χ4n) is 2.75. The maximum absolute atomic E-state index is 13.2. The Morgan fingerprint density at radius 3 is 1.73 bits per heavy atom. The van der Waals surface area contributed by atoms with Crippen molar-refractivity contribution in [3.05, 3.63) is 113 Å². The Hall–Kier alpha value is -3.46. The average Bonchev–Trinajstić information content (AvgIpc) is 2.70. The summed E-state index contributed by atoms with van der Waals surface area (Å²) in [6.45, 7) is 1.83. The molecule has 26 heavy (non-hydrogen) atoms. The van der Waals surface area contributed by atoms with Gasteiger partial charge in [-0.05, 0) is 19.1 Å². The quantitative estimate of drug-likeness (QED) is 0.362. The summed E-state index contributed by atoms with van der Waals surface area (Å²) < 4.78 is 0. The predicted octanol–water partition coefficient (Wildman–Crippen LogP) is 5.32. The molecule has 0 heterocycles. The molecule has 0 spiro atoms. The van der Waals surface area contributed by atoms with Crippen LogP contribution in [-0.2, 0) is 0 Å². The first-order valence-corrected chi connectivity index (χ1v) is 8.44. The Morgan fingerprint density at radius 2 is 1.19 bits per heavy atom. The molecule has 0 aliphatic carbocycles. The number of ketones is 1. The van der Waals surface area contributed by atoms with Gasteiger partial charge in [-0.3, -0.25) is 10.2 Å². The molecule has 128 valence electrons. The summed E-state index contributed by atoms with van der Waals surface area (Å²) in [6, 6.07) is 28.1. The Morgan fingerprint density at radius 1 is 0.731 bits per heavy atom. The number of benzene rings is 3. The minimum atomic E-state index is -0.166. The van der Waals surface area contributed by atoms with Gasteiger partial charge in [0, 0.05) is 22.5 Å². The van der Waals surface area contributed by atoms with Crippen molar-refractivity contribution in [1.82, 2.24) is 0 Å².